The normalized spacial score (nSPS) is 10.9. The van der Waals surface area contributed by atoms with E-state index in [1.807, 2.05) is 43.6 Å². The molecule has 0 aliphatic heterocycles. The summed E-state index contributed by atoms with van der Waals surface area (Å²) in [5, 5.41) is 8.61. The highest BCUT2D eigenvalue weighted by atomic mass is 16.4. The molecule has 0 atom stereocenters. The van der Waals surface area contributed by atoms with E-state index in [-0.39, 0.29) is 6.42 Å². The zero-order chi connectivity index (χ0) is 14.4. The van der Waals surface area contributed by atoms with Gasteiger partial charge in [0.05, 0.1) is 18.4 Å². The minimum atomic E-state index is -0.747. The third-order valence-corrected chi connectivity index (χ3v) is 3.06. The van der Waals surface area contributed by atoms with Gasteiger partial charge in [-0.1, -0.05) is 30.3 Å². The number of hydrogen-bond acceptors (Lipinski definition) is 3. The summed E-state index contributed by atoms with van der Waals surface area (Å²) in [6.45, 7) is 1.43. The van der Waals surface area contributed by atoms with E-state index in [9.17, 15) is 4.79 Å². The third kappa shape index (κ3) is 4.20. The van der Waals surface area contributed by atoms with Crippen LogP contribution >= 0.6 is 0 Å². The maximum atomic E-state index is 10.5. The molecular weight excluding hydrogens is 254 g/mol. The van der Waals surface area contributed by atoms with Crippen LogP contribution in [0.5, 0.6) is 0 Å². The molecular formula is C15H19N3O2. The highest BCUT2D eigenvalue weighted by Gasteiger charge is 2.06. The number of aromatic nitrogens is 2. The topological polar surface area (TPSA) is 69.2 Å². The summed E-state index contributed by atoms with van der Waals surface area (Å²) in [5.74, 6) is 0.143. The molecule has 0 unspecified atom stereocenters. The molecule has 2 N–H and O–H groups in total. The summed E-state index contributed by atoms with van der Waals surface area (Å²) in [6, 6.07) is 10.0. The number of carboxylic acids is 1. The number of aliphatic carboxylic acids is 1. The van der Waals surface area contributed by atoms with Crippen LogP contribution in [0.1, 0.15) is 18.7 Å². The predicted molar refractivity (Wildman–Crippen MR) is 77.2 cm³/mol. The molecule has 0 aliphatic rings. The molecule has 0 fully saturated rings. The van der Waals surface area contributed by atoms with Crippen LogP contribution in [0.4, 0.5) is 0 Å². The van der Waals surface area contributed by atoms with Crippen LogP contribution in [0.2, 0.25) is 0 Å². The Labute approximate surface area is 118 Å². The van der Waals surface area contributed by atoms with Gasteiger partial charge in [-0.25, -0.2) is 4.98 Å². The lowest BCUT2D eigenvalue weighted by Gasteiger charge is -2.14. The van der Waals surface area contributed by atoms with Crippen molar-refractivity contribution >= 4 is 5.97 Å². The number of H-pyrrole nitrogens is 1. The summed E-state index contributed by atoms with van der Waals surface area (Å²) in [6.07, 6.45) is 2.69. The third-order valence-electron chi connectivity index (χ3n) is 3.06. The maximum Gasteiger partial charge on any atom is 0.303 e. The SMILES string of the molecule is CN(CCCC(=O)O)Cc1ncc(-c2ccccc2)[nH]1. The molecule has 0 saturated carbocycles. The highest BCUT2D eigenvalue weighted by molar-refractivity contribution is 5.66. The van der Waals surface area contributed by atoms with E-state index < -0.39 is 5.97 Å². The van der Waals surface area contributed by atoms with E-state index in [1.165, 1.54) is 0 Å². The van der Waals surface area contributed by atoms with Gasteiger partial charge in [-0.15, -0.1) is 0 Å². The number of hydrogen-bond donors (Lipinski definition) is 2. The zero-order valence-electron chi connectivity index (χ0n) is 11.5. The summed E-state index contributed by atoms with van der Waals surface area (Å²) in [5.41, 5.74) is 2.11. The summed E-state index contributed by atoms with van der Waals surface area (Å²) in [4.78, 5) is 20.2. The Bertz CT molecular complexity index is 551. The molecule has 1 aromatic heterocycles. The van der Waals surface area contributed by atoms with Crippen LogP contribution in [0.3, 0.4) is 0 Å². The fourth-order valence-corrected chi connectivity index (χ4v) is 2.04. The van der Waals surface area contributed by atoms with Gasteiger partial charge in [0, 0.05) is 6.42 Å². The quantitative estimate of drug-likeness (QED) is 0.812. The first kappa shape index (κ1) is 14.3. The molecule has 106 valence electrons. The summed E-state index contributed by atoms with van der Waals surface area (Å²) < 4.78 is 0. The molecule has 2 rings (SSSR count). The standard InChI is InChI=1S/C15H19N3O2/c1-18(9-5-8-15(19)20)11-14-16-10-13(17-14)12-6-3-2-4-7-12/h2-4,6-7,10H,5,8-9,11H2,1H3,(H,16,17)(H,19,20). The zero-order valence-corrected chi connectivity index (χ0v) is 11.5. The predicted octanol–water partition coefficient (Wildman–Crippen LogP) is 2.37. The van der Waals surface area contributed by atoms with Crippen LogP contribution in [0.25, 0.3) is 11.3 Å². The van der Waals surface area contributed by atoms with E-state index in [2.05, 4.69) is 14.9 Å². The van der Waals surface area contributed by atoms with Gasteiger partial charge >= 0.3 is 5.97 Å². The van der Waals surface area contributed by atoms with Crippen molar-refractivity contribution in [2.45, 2.75) is 19.4 Å². The molecule has 0 radical (unpaired) electrons. The Kier molecular flexibility index (Phi) is 4.90. The number of aromatic amines is 1. The number of rotatable bonds is 7. The van der Waals surface area contributed by atoms with Crippen molar-refractivity contribution in [2.75, 3.05) is 13.6 Å². The molecule has 20 heavy (non-hydrogen) atoms. The van der Waals surface area contributed by atoms with Gasteiger partial charge in [0.25, 0.3) is 0 Å². The molecule has 0 amide bonds. The maximum absolute atomic E-state index is 10.5. The Morgan fingerprint density at radius 2 is 2.10 bits per heavy atom. The molecule has 2 aromatic rings. The van der Waals surface area contributed by atoms with Gasteiger partial charge in [0.2, 0.25) is 0 Å². The van der Waals surface area contributed by atoms with Crippen LogP contribution < -0.4 is 0 Å². The molecule has 0 saturated heterocycles. The lowest BCUT2D eigenvalue weighted by Crippen LogP contribution is -2.20. The molecule has 1 heterocycles. The van der Waals surface area contributed by atoms with E-state index in [0.717, 1.165) is 23.6 Å². The second-order valence-corrected chi connectivity index (χ2v) is 4.84. The van der Waals surface area contributed by atoms with E-state index >= 15 is 0 Å². The molecule has 5 heteroatoms. The Morgan fingerprint density at radius 3 is 2.80 bits per heavy atom. The number of nitrogens with one attached hydrogen (secondary N) is 1. The average Bonchev–Trinajstić information content (AvgIpc) is 2.88. The van der Waals surface area contributed by atoms with Crippen LogP contribution in [-0.2, 0) is 11.3 Å². The lowest BCUT2D eigenvalue weighted by atomic mass is 10.2. The van der Waals surface area contributed by atoms with E-state index in [4.69, 9.17) is 5.11 Å². The van der Waals surface area contributed by atoms with Crippen LogP contribution in [0, 0.1) is 0 Å². The number of benzene rings is 1. The monoisotopic (exact) mass is 273 g/mol. The fourth-order valence-electron chi connectivity index (χ4n) is 2.04. The first-order valence-corrected chi connectivity index (χ1v) is 6.65. The van der Waals surface area contributed by atoms with Gasteiger partial charge in [-0.3, -0.25) is 9.69 Å². The van der Waals surface area contributed by atoms with Crippen molar-refractivity contribution in [2.24, 2.45) is 0 Å². The molecule has 0 bridgehead atoms. The first-order valence-electron chi connectivity index (χ1n) is 6.65. The average molecular weight is 273 g/mol. The van der Waals surface area contributed by atoms with Crippen molar-refractivity contribution in [1.29, 1.82) is 0 Å². The number of imidazole rings is 1. The van der Waals surface area contributed by atoms with E-state index in [0.29, 0.717) is 13.0 Å². The fraction of sp³-hybridized carbons (Fsp3) is 0.333. The van der Waals surface area contributed by atoms with Crippen molar-refractivity contribution in [3.8, 4) is 11.3 Å². The van der Waals surface area contributed by atoms with E-state index in [1.54, 1.807) is 0 Å². The molecule has 0 spiro atoms. The Balaban J connectivity index is 1.88. The smallest absolute Gasteiger partial charge is 0.303 e. The number of carbonyl (C=O) groups is 1. The largest absolute Gasteiger partial charge is 0.481 e. The lowest BCUT2D eigenvalue weighted by molar-refractivity contribution is -0.137. The Morgan fingerprint density at radius 1 is 1.35 bits per heavy atom. The molecule has 1 aromatic carbocycles. The van der Waals surface area contributed by atoms with Crippen molar-refractivity contribution in [1.82, 2.24) is 14.9 Å². The van der Waals surface area contributed by atoms with Crippen molar-refractivity contribution in [3.05, 3.63) is 42.4 Å². The summed E-state index contributed by atoms with van der Waals surface area (Å²) >= 11 is 0. The number of nitrogens with zero attached hydrogens (tertiary/aromatic N) is 2. The van der Waals surface area contributed by atoms with Gasteiger partial charge in [-0.2, -0.15) is 0 Å². The summed E-state index contributed by atoms with van der Waals surface area (Å²) in [7, 11) is 1.96. The highest BCUT2D eigenvalue weighted by Crippen LogP contribution is 2.16. The van der Waals surface area contributed by atoms with Crippen LogP contribution in [0.15, 0.2) is 36.5 Å². The van der Waals surface area contributed by atoms with Crippen molar-refractivity contribution in [3.63, 3.8) is 0 Å². The molecule has 5 nitrogen and oxygen atoms in total. The molecule has 0 aliphatic carbocycles. The first-order chi connectivity index (χ1) is 9.65. The van der Waals surface area contributed by atoms with Gasteiger partial charge < -0.3 is 10.1 Å². The second kappa shape index (κ2) is 6.86. The van der Waals surface area contributed by atoms with Gasteiger partial charge in [0.15, 0.2) is 0 Å². The van der Waals surface area contributed by atoms with Crippen LogP contribution in [-0.4, -0.2) is 39.5 Å². The van der Waals surface area contributed by atoms with Gasteiger partial charge in [0.1, 0.15) is 5.82 Å². The van der Waals surface area contributed by atoms with Crippen molar-refractivity contribution < 1.29 is 9.90 Å². The van der Waals surface area contributed by atoms with Gasteiger partial charge in [-0.05, 0) is 25.6 Å². The second-order valence-electron chi connectivity index (χ2n) is 4.84. The minimum absolute atomic E-state index is 0.206. The number of carboxylic acid groups (broad SMARTS) is 1. The Hall–Kier alpha value is -2.14. The minimum Gasteiger partial charge on any atom is -0.481 e.